The van der Waals surface area contributed by atoms with E-state index in [0.29, 0.717) is 6.42 Å². The number of carbonyl (C=O) groups is 2. The van der Waals surface area contributed by atoms with Crippen LogP contribution in [-0.4, -0.2) is 29.3 Å². The molecule has 0 unspecified atom stereocenters. The van der Waals surface area contributed by atoms with Crippen LogP contribution in [0, 0.1) is 0 Å². The third kappa shape index (κ3) is 3.79. The molecule has 1 N–H and O–H groups in total. The molecule has 5 nitrogen and oxygen atoms in total. The van der Waals surface area contributed by atoms with Crippen LogP contribution in [-0.2, 0) is 4.79 Å². The summed E-state index contributed by atoms with van der Waals surface area (Å²) < 4.78 is 5.33. The van der Waals surface area contributed by atoms with Gasteiger partial charge in [0.15, 0.2) is 0 Å². The molecule has 0 saturated carbocycles. The number of thioether (sulfide) groups is 1. The second kappa shape index (κ2) is 7.61. The van der Waals surface area contributed by atoms with Crippen LogP contribution < -0.4 is 10.1 Å². The van der Waals surface area contributed by atoms with E-state index >= 15 is 0 Å². The maximum atomic E-state index is 12.5. The fraction of sp³-hybridized carbons (Fsp3) is 0.263. The van der Waals surface area contributed by atoms with E-state index in [2.05, 4.69) is 5.32 Å². The lowest BCUT2D eigenvalue weighted by molar-refractivity contribution is -0.137. The summed E-state index contributed by atoms with van der Waals surface area (Å²) in [6, 6.07) is 16.7. The van der Waals surface area contributed by atoms with Crippen LogP contribution in [0.25, 0.3) is 0 Å². The molecule has 0 aliphatic carbocycles. The lowest BCUT2D eigenvalue weighted by atomic mass is 10.1. The molecule has 0 spiro atoms. The molecule has 3 amide bonds. The van der Waals surface area contributed by atoms with Gasteiger partial charge in [-0.2, -0.15) is 0 Å². The average Bonchev–Trinajstić information content (AvgIpc) is 2.62. The monoisotopic (exact) mass is 356 g/mol. The van der Waals surface area contributed by atoms with Crippen molar-refractivity contribution >= 4 is 23.7 Å². The number of urea groups is 1. The van der Waals surface area contributed by atoms with Crippen LogP contribution in [0.15, 0.2) is 59.5 Å². The standard InChI is InChI=1S/C19H20N2O3S/c1-13(14-8-4-3-5-9-14)20-19(23)21-17(22)12-18(21)25-16-11-7-6-10-15(16)24-2/h3-11,13,18H,12H2,1-2H3,(H,20,23)/t13-,18-/m0/s1. The molecule has 0 aromatic heterocycles. The number of β-lactam (4-membered cyclic amide) rings is 1. The molecular weight excluding hydrogens is 336 g/mol. The molecule has 1 heterocycles. The Morgan fingerprint density at radius 2 is 1.88 bits per heavy atom. The van der Waals surface area contributed by atoms with Gasteiger partial charge in [0.05, 0.1) is 24.5 Å². The van der Waals surface area contributed by atoms with Crippen molar-refractivity contribution in [2.24, 2.45) is 0 Å². The second-order valence-electron chi connectivity index (χ2n) is 5.77. The van der Waals surface area contributed by atoms with Gasteiger partial charge in [-0.3, -0.25) is 9.69 Å². The number of hydrogen-bond donors (Lipinski definition) is 1. The van der Waals surface area contributed by atoms with Crippen molar-refractivity contribution in [3.8, 4) is 5.75 Å². The number of amides is 3. The van der Waals surface area contributed by atoms with Gasteiger partial charge >= 0.3 is 6.03 Å². The predicted octanol–water partition coefficient (Wildman–Crippen LogP) is 3.82. The first-order valence-electron chi connectivity index (χ1n) is 8.07. The first-order chi connectivity index (χ1) is 12.1. The van der Waals surface area contributed by atoms with Crippen molar-refractivity contribution < 1.29 is 14.3 Å². The number of methoxy groups -OCH3 is 1. The Hall–Kier alpha value is -2.47. The molecular formula is C19H20N2O3S. The molecule has 130 valence electrons. The van der Waals surface area contributed by atoms with Crippen molar-refractivity contribution in [3.05, 3.63) is 60.2 Å². The summed E-state index contributed by atoms with van der Waals surface area (Å²) in [7, 11) is 1.61. The number of nitrogens with zero attached hydrogens (tertiary/aromatic N) is 1. The Morgan fingerprint density at radius 3 is 2.56 bits per heavy atom. The van der Waals surface area contributed by atoms with Crippen molar-refractivity contribution in [1.29, 1.82) is 0 Å². The van der Waals surface area contributed by atoms with E-state index in [-0.39, 0.29) is 23.4 Å². The van der Waals surface area contributed by atoms with Crippen molar-refractivity contribution in [3.63, 3.8) is 0 Å². The number of nitrogens with one attached hydrogen (secondary N) is 1. The van der Waals surface area contributed by atoms with Crippen molar-refractivity contribution in [2.75, 3.05) is 7.11 Å². The molecule has 2 aromatic rings. The predicted molar refractivity (Wildman–Crippen MR) is 97.5 cm³/mol. The van der Waals surface area contributed by atoms with Crippen LogP contribution in [0.4, 0.5) is 4.79 Å². The van der Waals surface area contributed by atoms with Gasteiger partial charge in [-0.25, -0.2) is 4.79 Å². The zero-order valence-electron chi connectivity index (χ0n) is 14.1. The second-order valence-corrected chi connectivity index (χ2v) is 6.99. The summed E-state index contributed by atoms with van der Waals surface area (Å²) in [6.45, 7) is 1.90. The van der Waals surface area contributed by atoms with Gasteiger partial charge in [-0.15, -0.1) is 0 Å². The van der Waals surface area contributed by atoms with Crippen LogP contribution >= 0.6 is 11.8 Å². The van der Waals surface area contributed by atoms with Gasteiger partial charge < -0.3 is 10.1 Å². The Bertz CT molecular complexity index is 766. The van der Waals surface area contributed by atoms with E-state index in [4.69, 9.17) is 4.74 Å². The van der Waals surface area contributed by atoms with E-state index in [1.165, 1.54) is 16.7 Å². The molecule has 1 fully saturated rings. The molecule has 2 atom stereocenters. The SMILES string of the molecule is COc1ccccc1S[C@H]1CC(=O)N1C(=O)N[C@@H](C)c1ccccc1. The van der Waals surface area contributed by atoms with Crippen LogP contribution in [0.3, 0.4) is 0 Å². The number of para-hydroxylation sites is 1. The minimum Gasteiger partial charge on any atom is -0.496 e. The highest BCUT2D eigenvalue weighted by atomic mass is 32.2. The largest absolute Gasteiger partial charge is 0.496 e. The van der Waals surface area contributed by atoms with Gasteiger partial charge in [0.2, 0.25) is 5.91 Å². The van der Waals surface area contributed by atoms with Crippen molar-refractivity contribution in [2.45, 2.75) is 29.7 Å². The van der Waals surface area contributed by atoms with Gasteiger partial charge in [0.25, 0.3) is 0 Å². The first-order valence-corrected chi connectivity index (χ1v) is 8.95. The molecule has 25 heavy (non-hydrogen) atoms. The Morgan fingerprint density at radius 1 is 1.20 bits per heavy atom. The van der Waals surface area contributed by atoms with E-state index in [1.54, 1.807) is 7.11 Å². The van der Waals surface area contributed by atoms with Gasteiger partial charge in [0.1, 0.15) is 11.1 Å². The van der Waals surface area contributed by atoms with Crippen molar-refractivity contribution in [1.82, 2.24) is 10.2 Å². The van der Waals surface area contributed by atoms with Gasteiger partial charge in [-0.05, 0) is 24.6 Å². The third-order valence-corrected chi connectivity index (χ3v) is 5.34. The fourth-order valence-corrected chi connectivity index (χ4v) is 3.93. The highest BCUT2D eigenvalue weighted by Crippen LogP contribution is 2.39. The maximum absolute atomic E-state index is 12.5. The topological polar surface area (TPSA) is 58.6 Å². The lowest BCUT2D eigenvalue weighted by Gasteiger charge is -2.38. The molecule has 0 bridgehead atoms. The summed E-state index contributed by atoms with van der Waals surface area (Å²) in [6.07, 6.45) is 0.343. The Balaban J connectivity index is 1.66. The van der Waals surface area contributed by atoms with Crippen LogP contribution in [0.1, 0.15) is 24.9 Å². The molecule has 6 heteroatoms. The number of hydrogen-bond acceptors (Lipinski definition) is 4. The number of likely N-dealkylation sites (tertiary alicyclic amines) is 1. The molecule has 1 saturated heterocycles. The third-order valence-electron chi connectivity index (χ3n) is 4.10. The zero-order chi connectivity index (χ0) is 17.8. The summed E-state index contributed by atoms with van der Waals surface area (Å²) >= 11 is 1.46. The van der Waals surface area contributed by atoms with E-state index in [0.717, 1.165) is 16.2 Å². The van der Waals surface area contributed by atoms with Crippen LogP contribution in [0.5, 0.6) is 5.75 Å². The highest BCUT2D eigenvalue weighted by molar-refractivity contribution is 8.00. The fourth-order valence-electron chi connectivity index (χ4n) is 2.67. The Kier molecular flexibility index (Phi) is 5.28. The smallest absolute Gasteiger partial charge is 0.325 e. The molecule has 0 radical (unpaired) electrons. The van der Waals surface area contributed by atoms with E-state index < -0.39 is 0 Å². The zero-order valence-corrected chi connectivity index (χ0v) is 15.0. The maximum Gasteiger partial charge on any atom is 0.325 e. The summed E-state index contributed by atoms with van der Waals surface area (Å²) in [5.74, 6) is 0.579. The normalized spacial score (nSPS) is 17.6. The number of rotatable bonds is 5. The Labute approximate surface area is 151 Å². The summed E-state index contributed by atoms with van der Waals surface area (Å²) in [5.41, 5.74) is 0.998. The lowest BCUT2D eigenvalue weighted by Crippen LogP contribution is -2.57. The number of carbonyl (C=O) groups excluding carboxylic acids is 2. The molecule has 1 aliphatic rings. The quantitative estimate of drug-likeness (QED) is 0.828. The minimum atomic E-state index is -0.361. The molecule has 2 aromatic carbocycles. The summed E-state index contributed by atoms with van der Waals surface area (Å²) in [4.78, 5) is 26.7. The number of benzene rings is 2. The van der Waals surface area contributed by atoms with Gasteiger partial charge in [-0.1, -0.05) is 54.2 Å². The molecule has 1 aliphatic heterocycles. The molecule has 3 rings (SSSR count). The minimum absolute atomic E-state index is 0.162. The highest BCUT2D eigenvalue weighted by Gasteiger charge is 2.42. The van der Waals surface area contributed by atoms with Crippen LogP contribution in [0.2, 0.25) is 0 Å². The average molecular weight is 356 g/mol. The van der Waals surface area contributed by atoms with E-state index in [1.807, 2.05) is 61.5 Å². The number of ether oxygens (including phenoxy) is 1. The first kappa shape index (κ1) is 17.4. The van der Waals surface area contributed by atoms with E-state index in [9.17, 15) is 9.59 Å². The van der Waals surface area contributed by atoms with Gasteiger partial charge in [0, 0.05) is 0 Å². The summed E-state index contributed by atoms with van der Waals surface area (Å²) in [5, 5.41) is 2.68. The number of imide groups is 1.